The molecule has 6 nitrogen and oxygen atoms in total. The highest BCUT2D eigenvalue weighted by Gasteiger charge is 2.35. The first-order valence-electron chi connectivity index (χ1n) is 8.90. The molecule has 2 aromatic rings. The fourth-order valence-corrected chi connectivity index (χ4v) is 4.08. The van der Waals surface area contributed by atoms with Crippen molar-refractivity contribution in [1.29, 1.82) is 0 Å². The Balaban J connectivity index is 2.09. The van der Waals surface area contributed by atoms with Crippen molar-refractivity contribution in [3.63, 3.8) is 0 Å². The maximum atomic E-state index is 14.9. The molecule has 1 aromatic heterocycles. The zero-order valence-corrected chi connectivity index (χ0v) is 15.4. The zero-order valence-electron chi connectivity index (χ0n) is 15.4. The first kappa shape index (κ1) is 17.2. The van der Waals surface area contributed by atoms with Gasteiger partial charge in [-0.25, -0.2) is 13.6 Å². The van der Waals surface area contributed by atoms with Crippen LogP contribution in [0.25, 0.3) is 10.9 Å². The van der Waals surface area contributed by atoms with Crippen molar-refractivity contribution in [1.82, 2.24) is 14.5 Å². The van der Waals surface area contributed by atoms with E-state index >= 15 is 0 Å². The summed E-state index contributed by atoms with van der Waals surface area (Å²) in [6, 6.07) is 0.384. The van der Waals surface area contributed by atoms with Gasteiger partial charge in [-0.3, -0.25) is 9.47 Å². The number of aromatic nitrogens is 2. The molecule has 8 heteroatoms. The van der Waals surface area contributed by atoms with Crippen molar-refractivity contribution in [2.24, 2.45) is 7.05 Å². The fraction of sp³-hybridized carbons (Fsp3) is 0.556. The molecule has 0 bridgehead atoms. The van der Waals surface area contributed by atoms with Crippen molar-refractivity contribution in [2.75, 3.05) is 36.9 Å². The van der Waals surface area contributed by atoms with E-state index in [1.807, 2.05) is 0 Å². The van der Waals surface area contributed by atoms with E-state index in [2.05, 4.69) is 34.1 Å². The number of nitrogens with zero attached hydrogens (tertiary/aromatic N) is 4. The van der Waals surface area contributed by atoms with Crippen molar-refractivity contribution in [3.05, 3.63) is 27.7 Å². The topological polar surface area (TPSA) is 53.4 Å². The summed E-state index contributed by atoms with van der Waals surface area (Å²) in [5, 5.41) is 3.48. The lowest BCUT2D eigenvalue weighted by molar-refractivity contribution is 0.196. The summed E-state index contributed by atoms with van der Waals surface area (Å²) in [7, 11) is 3.54. The predicted molar refractivity (Wildman–Crippen MR) is 98.0 cm³/mol. The Kier molecular flexibility index (Phi) is 3.91. The number of fused-ring (bicyclic) bond motifs is 2. The van der Waals surface area contributed by atoms with Crippen molar-refractivity contribution < 1.29 is 8.78 Å². The van der Waals surface area contributed by atoms with Gasteiger partial charge in [0.25, 0.3) is 0 Å². The number of likely N-dealkylation sites (N-methyl/N-ethyl adjacent to an activating group) is 1. The Morgan fingerprint density at radius 1 is 1.19 bits per heavy atom. The van der Waals surface area contributed by atoms with Crippen LogP contribution in [0.4, 0.5) is 20.3 Å². The lowest BCUT2D eigenvalue weighted by Gasteiger charge is -2.45. The van der Waals surface area contributed by atoms with Crippen LogP contribution in [-0.2, 0) is 7.05 Å². The van der Waals surface area contributed by atoms with Crippen LogP contribution in [0, 0.1) is 18.6 Å². The van der Waals surface area contributed by atoms with Crippen LogP contribution in [0.2, 0.25) is 0 Å². The Morgan fingerprint density at radius 2 is 1.92 bits per heavy atom. The molecule has 0 saturated carbocycles. The third-order valence-corrected chi connectivity index (χ3v) is 5.82. The van der Waals surface area contributed by atoms with E-state index in [9.17, 15) is 13.6 Å². The van der Waals surface area contributed by atoms with Crippen LogP contribution in [0.1, 0.15) is 18.9 Å². The van der Waals surface area contributed by atoms with Gasteiger partial charge >= 0.3 is 5.69 Å². The highest BCUT2D eigenvalue weighted by molar-refractivity contribution is 6.01. The monoisotopic (exact) mass is 363 g/mol. The molecule has 4 rings (SSSR count). The molecule has 26 heavy (non-hydrogen) atoms. The summed E-state index contributed by atoms with van der Waals surface area (Å²) in [5.74, 6) is -0.934. The maximum absolute atomic E-state index is 14.9. The lowest BCUT2D eigenvalue weighted by atomic mass is 10.0. The minimum atomic E-state index is -0.703. The summed E-state index contributed by atoms with van der Waals surface area (Å²) in [4.78, 5) is 21.0. The van der Waals surface area contributed by atoms with Crippen molar-refractivity contribution in [2.45, 2.75) is 32.4 Å². The first-order chi connectivity index (χ1) is 12.3. The summed E-state index contributed by atoms with van der Waals surface area (Å²) in [5.41, 5.74) is -0.277. The van der Waals surface area contributed by atoms with E-state index in [4.69, 9.17) is 0 Å². The molecule has 1 saturated heterocycles. The van der Waals surface area contributed by atoms with Gasteiger partial charge in [0.15, 0.2) is 11.6 Å². The van der Waals surface area contributed by atoms with E-state index < -0.39 is 17.3 Å². The smallest absolute Gasteiger partial charge is 0.349 e. The molecule has 2 atom stereocenters. The van der Waals surface area contributed by atoms with Gasteiger partial charge in [-0.1, -0.05) is 0 Å². The Morgan fingerprint density at radius 3 is 2.65 bits per heavy atom. The molecule has 3 heterocycles. The molecule has 0 spiro atoms. The maximum Gasteiger partial charge on any atom is 0.349 e. The quantitative estimate of drug-likeness (QED) is 0.774. The number of anilines is 2. The second-order valence-corrected chi connectivity index (χ2v) is 7.44. The van der Waals surface area contributed by atoms with Gasteiger partial charge in [0.05, 0.1) is 16.6 Å². The normalized spacial score (nSPS) is 23.4. The van der Waals surface area contributed by atoms with Crippen LogP contribution in [0.5, 0.6) is 0 Å². The van der Waals surface area contributed by atoms with E-state index in [0.29, 0.717) is 24.3 Å². The molecule has 2 aliphatic rings. The second-order valence-electron chi connectivity index (χ2n) is 7.44. The highest BCUT2D eigenvalue weighted by Crippen LogP contribution is 2.39. The Hall–Kier alpha value is -2.22. The van der Waals surface area contributed by atoms with E-state index in [0.717, 1.165) is 13.0 Å². The largest absolute Gasteiger partial charge is 0.382 e. The molecule has 0 amide bonds. The molecule has 2 unspecified atom stereocenters. The fourth-order valence-electron chi connectivity index (χ4n) is 4.08. The number of aryl methyl sites for hydroxylation is 1. The van der Waals surface area contributed by atoms with Gasteiger partial charge in [-0.2, -0.15) is 4.98 Å². The van der Waals surface area contributed by atoms with E-state index in [1.54, 1.807) is 0 Å². The first-order valence-corrected chi connectivity index (χ1v) is 8.90. The van der Waals surface area contributed by atoms with Gasteiger partial charge in [0.2, 0.25) is 0 Å². The number of hydrogen-bond donors (Lipinski definition) is 1. The highest BCUT2D eigenvalue weighted by atomic mass is 19.1. The van der Waals surface area contributed by atoms with Gasteiger partial charge in [-0.05, 0) is 27.3 Å². The summed E-state index contributed by atoms with van der Waals surface area (Å²) >= 11 is 0. The van der Waals surface area contributed by atoms with Crippen LogP contribution in [-0.4, -0.2) is 53.2 Å². The van der Waals surface area contributed by atoms with Crippen molar-refractivity contribution in [3.8, 4) is 0 Å². The van der Waals surface area contributed by atoms with E-state index in [-0.39, 0.29) is 28.9 Å². The Bertz CT molecular complexity index is 957. The van der Waals surface area contributed by atoms with Crippen LogP contribution in [0.3, 0.4) is 0 Å². The predicted octanol–water partition coefficient (Wildman–Crippen LogP) is 1.84. The lowest BCUT2D eigenvalue weighted by Crippen LogP contribution is -2.57. The van der Waals surface area contributed by atoms with Gasteiger partial charge in [-0.15, -0.1) is 0 Å². The molecule has 0 aliphatic carbocycles. The van der Waals surface area contributed by atoms with Crippen LogP contribution in [0.15, 0.2) is 4.79 Å². The number of piperazine rings is 1. The number of nitrogens with one attached hydrogen (secondary N) is 1. The Labute approximate surface area is 150 Å². The molecule has 1 fully saturated rings. The third kappa shape index (κ3) is 2.31. The van der Waals surface area contributed by atoms with Crippen LogP contribution >= 0.6 is 0 Å². The molecule has 140 valence electrons. The van der Waals surface area contributed by atoms with Gasteiger partial charge in [0, 0.05) is 44.3 Å². The third-order valence-electron chi connectivity index (χ3n) is 5.82. The standard InChI is InChI=1S/C18H23F2N5O/c1-9-7-25-11(8-23(9)3)5-6-21-15-12-16(14(20)10(2)13(15)19)24(4)18(26)22-17(12)25/h9,11,21H,5-8H2,1-4H3. The second kappa shape index (κ2) is 5.90. The average molecular weight is 363 g/mol. The van der Waals surface area contributed by atoms with Crippen molar-refractivity contribution >= 4 is 22.4 Å². The molecular weight excluding hydrogens is 340 g/mol. The SMILES string of the molecule is Cc1c(F)c2c3c(nc(=O)n(C)c3c1F)N1CC(C)N(C)CC1CCN2. The van der Waals surface area contributed by atoms with Gasteiger partial charge < -0.3 is 10.2 Å². The molecule has 2 aliphatic heterocycles. The minimum Gasteiger partial charge on any atom is -0.382 e. The molecule has 0 radical (unpaired) electrons. The number of halogens is 2. The molecule has 1 N–H and O–H groups in total. The zero-order chi connectivity index (χ0) is 18.7. The number of hydrogen-bond acceptors (Lipinski definition) is 5. The minimum absolute atomic E-state index is 0.0870. The molecule has 1 aromatic carbocycles. The van der Waals surface area contributed by atoms with Crippen LogP contribution < -0.4 is 15.9 Å². The number of rotatable bonds is 0. The van der Waals surface area contributed by atoms with Gasteiger partial charge in [0.1, 0.15) is 5.82 Å². The van der Waals surface area contributed by atoms with E-state index in [1.165, 1.54) is 18.5 Å². The summed E-state index contributed by atoms with van der Waals surface area (Å²) < 4.78 is 31.0. The average Bonchev–Trinajstić information content (AvgIpc) is 2.59. The summed E-state index contributed by atoms with van der Waals surface area (Å²) in [6.45, 7) is 5.54. The molecular formula is C18H23F2N5O. The number of benzene rings is 1. The summed E-state index contributed by atoms with van der Waals surface area (Å²) in [6.07, 6.45) is 0.782.